The molecule has 32 heavy (non-hydrogen) atoms. The fourth-order valence-corrected chi connectivity index (χ4v) is 4.85. The Hall–Kier alpha value is -2.37. The van der Waals surface area contributed by atoms with Gasteiger partial charge in [0, 0.05) is 25.1 Å². The quantitative estimate of drug-likeness (QED) is 0.504. The number of carbonyl (C=O) groups excluding carboxylic acids is 2. The lowest BCUT2D eigenvalue weighted by Crippen LogP contribution is -2.54. The summed E-state index contributed by atoms with van der Waals surface area (Å²) in [5.41, 5.74) is -0.0621. The first-order valence-corrected chi connectivity index (χ1v) is 11.9. The van der Waals surface area contributed by atoms with E-state index in [4.69, 9.17) is 4.74 Å². The zero-order valence-electron chi connectivity index (χ0n) is 19.9. The highest BCUT2D eigenvalue weighted by Crippen LogP contribution is 2.46. The minimum atomic E-state index is -0.959. The van der Waals surface area contributed by atoms with E-state index in [2.05, 4.69) is 25.7 Å². The molecule has 1 heterocycles. The van der Waals surface area contributed by atoms with Crippen molar-refractivity contribution in [3.05, 3.63) is 41.7 Å². The van der Waals surface area contributed by atoms with Crippen LogP contribution in [0.5, 0.6) is 5.75 Å². The molecular formula is C26H37FN2O3. The second-order valence-corrected chi connectivity index (χ2v) is 9.55. The molecule has 0 aromatic heterocycles. The van der Waals surface area contributed by atoms with Crippen LogP contribution in [0.3, 0.4) is 0 Å². The molecule has 2 amide bonds. The zero-order valence-corrected chi connectivity index (χ0v) is 19.9. The molecule has 1 saturated carbocycles. The summed E-state index contributed by atoms with van der Waals surface area (Å²) in [4.78, 5) is 27.3. The Balaban J connectivity index is 1.90. The van der Waals surface area contributed by atoms with Gasteiger partial charge in [0.05, 0.1) is 12.2 Å². The summed E-state index contributed by atoms with van der Waals surface area (Å²) in [5.74, 6) is -0.417. The zero-order chi connectivity index (χ0) is 23.5. The van der Waals surface area contributed by atoms with Crippen molar-refractivity contribution in [2.45, 2.75) is 77.2 Å². The molecule has 1 atom stereocenters. The van der Waals surface area contributed by atoms with Crippen LogP contribution in [0, 0.1) is 11.2 Å². The third kappa shape index (κ3) is 4.55. The van der Waals surface area contributed by atoms with Crippen LogP contribution in [0.1, 0.15) is 87.6 Å². The van der Waals surface area contributed by atoms with Crippen molar-refractivity contribution < 1.29 is 18.7 Å². The number of carbonyl (C=O) groups is 2. The summed E-state index contributed by atoms with van der Waals surface area (Å²) < 4.78 is 21.4. The molecule has 0 radical (unpaired) electrons. The van der Waals surface area contributed by atoms with E-state index in [1.807, 2.05) is 6.08 Å². The van der Waals surface area contributed by atoms with Gasteiger partial charge in [-0.15, -0.1) is 6.58 Å². The monoisotopic (exact) mass is 444 g/mol. The number of nitrogens with one attached hydrogen (secondary N) is 1. The molecule has 6 heteroatoms. The van der Waals surface area contributed by atoms with E-state index in [1.165, 1.54) is 11.0 Å². The van der Waals surface area contributed by atoms with Crippen LogP contribution in [0.2, 0.25) is 0 Å². The standard InChI is InChI=1S/C26H37FN2O3/c1-6-12-26(7-2,8-3)17-32-22-16-21(27)20(15-19(22)18-10-11-18)23(30)29-14-9-13-25(29,4)24(31)28-5/h6,15-16,18H,1,7-14,17H2,2-5H3,(H,28,31)/t25-/m0/s1. The van der Waals surface area contributed by atoms with Crippen LogP contribution in [0.25, 0.3) is 0 Å². The second-order valence-electron chi connectivity index (χ2n) is 9.55. The van der Waals surface area contributed by atoms with Crippen LogP contribution in [0.15, 0.2) is 24.8 Å². The number of hydrogen-bond acceptors (Lipinski definition) is 3. The maximum absolute atomic E-state index is 15.2. The highest BCUT2D eigenvalue weighted by Gasteiger charge is 2.46. The fourth-order valence-electron chi connectivity index (χ4n) is 4.85. The smallest absolute Gasteiger partial charge is 0.257 e. The first-order chi connectivity index (χ1) is 15.2. The van der Waals surface area contributed by atoms with Gasteiger partial charge in [-0.3, -0.25) is 9.59 Å². The van der Waals surface area contributed by atoms with E-state index < -0.39 is 17.3 Å². The highest BCUT2D eigenvalue weighted by molar-refractivity contribution is 6.00. The Morgan fingerprint density at radius 3 is 2.59 bits per heavy atom. The molecule has 1 aromatic carbocycles. The third-order valence-electron chi connectivity index (χ3n) is 7.56. The third-order valence-corrected chi connectivity index (χ3v) is 7.56. The molecule has 1 aliphatic carbocycles. The topological polar surface area (TPSA) is 58.6 Å². The molecule has 2 fully saturated rings. The van der Waals surface area contributed by atoms with Crippen molar-refractivity contribution in [3.63, 3.8) is 0 Å². The number of allylic oxidation sites excluding steroid dienone is 1. The SMILES string of the molecule is C=CCC(CC)(CC)COc1cc(F)c(C(=O)N2CCC[C@@]2(C)C(=O)NC)cc1C1CC1. The van der Waals surface area contributed by atoms with E-state index in [-0.39, 0.29) is 22.8 Å². The maximum atomic E-state index is 15.2. The highest BCUT2D eigenvalue weighted by atomic mass is 19.1. The number of nitrogens with zero attached hydrogens (tertiary/aromatic N) is 1. The average molecular weight is 445 g/mol. The Labute approximate surface area is 191 Å². The van der Waals surface area contributed by atoms with Crippen LogP contribution in [-0.2, 0) is 4.79 Å². The summed E-state index contributed by atoms with van der Waals surface area (Å²) in [6.45, 7) is 10.8. The molecule has 0 unspecified atom stereocenters. The minimum absolute atomic E-state index is 0.0274. The molecule has 1 aromatic rings. The number of hydrogen-bond donors (Lipinski definition) is 1. The summed E-state index contributed by atoms with van der Waals surface area (Å²) >= 11 is 0. The molecule has 1 saturated heterocycles. The van der Waals surface area contributed by atoms with Gasteiger partial charge in [0.1, 0.15) is 17.1 Å². The van der Waals surface area contributed by atoms with Gasteiger partial charge in [-0.1, -0.05) is 19.9 Å². The molecular weight excluding hydrogens is 407 g/mol. The average Bonchev–Trinajstić information content (AvgIpc) is 3.56. The lowest BCUT2D eigenvalue weighted by atomic mass is 9.80. The number of benzene rings is 1. The van der Waals surface area contributed by atoms with Crippen molar-refractivity contribution >= 4 is 11.8 Å². The lowest BCUT2D eigenvalue weighted by molar-refractivity contribution is -0.129. The van der Waals surface area contributed by atoms with Gasteiger partial charge < -0.3 is 15.0 Å². The summed E-state index contributed by atoms with van der Waals surface area (Å²) in [5, 5.41) is 2.65. The van der Waals surface area contributed by atoms with Crippen LogP contribution < -0.4 is 10.1 Å². The van der Waals surface area contributed by atoms with E-state index >= 15 is 4.39 Å². The first kappa shape index (κ1) is 24.3. The summed E-state index contributed by atoms with van der Waals surface area (Å²) in [6.07, 6.45) is 7.94. The fraction of sp³-hybridized carbons (Fsp3) is 0.615. The van der Waals surface area contributed by atoms with Crippen LogP contribution in [-0.4, -0.2) is 42.5 Å². The van der Waals surface area contributed by atoms with E-state index in [0.29, 0.717) is 31.7 Å². The van der Waals surface area contributed by atoms with Gasteiger partial charge >= 0.3 is 0 Å². The normalized spacial score (nSPS) is 20.8. The molecule has 1 N–H and O–H groups in total. The number of ether oxygens (including phenoxy) is 1. The van der Waals surface area contributed by atoms with Crippen molar-refractivity contribution in [1.29, 1.82) is 0 Å². The Bertz CT molecular complexity index is 876. The number of likely N-dealkylation sites (N-methyl/N-ethyl adjacent to an activating group) is 1. The van der Waals surface area contributed by atoms with E-state index in [9.17, 15) is 9.59 Å². The van der Waals surface area contributed by atoms with Gasteiger partial charge in [-0.05, 0) is 69.4 Å². The van der Waals surface area contributed by atoms with Gasteiger partial charge in [0.2, 0.25) is 5.91 Å². The number of amides is 2. The van der Waals surface area contributed by atoms with Crippen molar-refractivity contribution in [3.8, 4) is 5.75 Å². The minimum Gasteiger partial charge on any atom is -0.493 e. The maximum Gasteiger partial charge on any atom is 0.257 e. The molecule has 176 valence electrons. The second kappa shape index (κ2) is 9.63. The first-order valence-electron chi connectivity index (χ1n) is 11.9. The summed E-state index contributed by atoms with van der Waals surface area (Å²) in [7, 11) is 1.56. The number of halogens is 1. The largest absolute Gasteiger partial charge is 0.493 e. The van der Waals surface area contributed by atoms with Gasteiger partial charge in [0.15, 0.2) is 0 Å². The lowest BCUT2D eigenvalue weighted by Gasteiger charge is -2.34. The molecule has 1 aliphatic heterocycles. The Morgan fingerprint density at radius 1 is 1.34 bits per heavy atom. The predicted octanol–water partition coefficient (Wildman–Crippen LogP) is 5.21. The Morgan fingerprint density at radius 2 is 2.03 bits per heavy atom. The Kier molecular flexibility index (Phi) is 7.31. The van der Waals surface area contributed by atoms with E-state index in [1.54, 1.807) is 20.0 Å². The molecule has 0 bridgehead atoms. The molecule has 0 spiro atoms. The number of likely N-dealkylation sites (tertiary alicyclic amines) is 1. The van der Waals surface area contributed by atoms with Crippen molar-refractivity contribution in [2.24, 2.45) is 5.41 Å². The van der Waals surface area contributed by atoms with Crippen molar-refractivity contribution in [1.82, 2.24) is 10.2 Å². The summed E-state index contributed by atoms with van der Waals surface area (Å²) in [6, 6.07) is 3.04. The predicted molar refractivity (Wildman–Crippen MR) is 124 cm³/mol. The van der Waals surface area contributed by atoms with Gasteiger partial charge in [0.25, 0.3) is 5.91 Å². The number of rotatable bonds is 10. The van der Waals surface area contributed by atoms with Gasteiger partial charge in [-0.25, -0.2) is 4.39 Å². The van der Waals surface area contributed by atoms with Crippen LogP contribution >= 0.6 is 0 Å². The molecule has 2 aliphatic rings. The van der Waals surface area contributed by atoms with Crippen molar-refractivity contribution in [2.75, 3.05) is 20.2 Å². The van der Waals surface area contributed by atoms with E-state index in [0.717, 1.165) is 37.7 Å². The van der Waals surface area contributed by atoms with Crippen LogP contribution in [0.4, 0.5) is 4.39 Å². The van der Waals surface area contributed by atoms with Gasteiger partial charge in [-0.2, -0.15) is 0 Å². The molecule has 3 rings (SSSR count). The molecule has 5 nitrogen and oxygen atoms in total.